The van der Waals surface area contributed by atoms with Gasteiger partial charge in [-0.1, -0.05) is 0 Å². The number of aryl methyl sites for hydroxylation is 2. The predicted octanol–water partition coefficient (Wildman–Crippen LogP) is 2.04. The number of rotatable bonds is 3. The zero-order valence-corrected chi connectivity index (χ0v) is 10.2. The van der Waals surface area contributed by atoms with Gasteiger partial charge in [0.05, 0.1) is 24.1 Å². The molecule has 0 radical (unpaired) electrons. The second kappa shape index (κ2) is 5.01. The Balaban J connectivity index is 2.24. The summed E-state index contributed by atoms with van der Waals surface area (Å²) in [7, 11) is 0. The first-order valence-corrected chi connectivity index (χ1v) is 5.54. The molecule has 2 heterocycles. The Labute approximate surface area is 104 Å². The van der Waals surface area contributed by atoms with E-state index < -0.39 is 0 Å². The van der Waals surface area contributed by atoms with E-state index in [-0.39, 0.29) is 12.5 Å². The maximum absolute atomic E-state index is 12.0. The highest BCUT2D eigenvalue weighted by molar-refractivity contribution is 6.05. The molecular weight excluding hydrogens is 232 g/mol. The Morgan fingerprint density at radius 1 is 1.50 bits per heavy atom. The normalized spacial score (nSPS) is 10.4. The van der Waals surface area contributed by atoms with Gasteiger partial charge in [-0.3, -0.25) is 9.78 Å². The fourth-order valence-electron chi connectivity index (χ4n) is 1.72. The summed E-state index contributed by atoms with van der Waals surface area (Å²) < 4.78 is 5.30. The lowest BCUT2D eigenvalue weighted by Gasteiger charge is -2.07. The van der Waals surface area contributed by atoms with Crippen molar-refractivity contribution in [2.24, 2.45) is 0 Å². The molecule has 0 saturated heterocycles. The Morgan fingerprint density at radius 2 is 2.28 bits per heavy atom. The number of anilines is 1. The highest BCUT2D eigenvalue weighted by Crippen LogP contribution is 2.18. The summed E-state index contributed by atoms with van der Waals surface area (Å²) in [4.78, 5) is 16.0. The molecule has 0 aliphatic rings. The summed E-state index contributed by atoms with van der Waals surface area (Å²) in [5, 5.41) is 11.9. The molecule has 0 bridgehead atoms. The second-order valence-corrected chi connectivity index (χ2v) is 3.97. The van der Waals surface area contributed by atoms with Crippen LogP contribution in [-0.2, 0) is 6.61 Å². The van der Waals surface area contributed by atoms with Gasteiger partial charge >= 0.3 is 0 Å². The summed E-state index contributed by atoms with van der Waals surface area (Å²) in [6, 6.07) is 3.34. The highest BCUT2D eigenvalue weighted by atomic mass is 16.3. The Kier molecular flexibility index (Phi) is 3.43. The summed E-state index contributed by atoms with van der Waals surface area (Å²) in [5.41, 5.74) is 1.61. The Morgan fingerprint density at radius 3 is 2.89 bits per heavy atom. The number of pyridine rings is 1. The molecule has 1 amide bonds. The van der Waals surface area contributed by atoms with Gasteiger partial charge < -0.3 is 14.8 Å². The molecule has 2 rings (SSSR count). The molecule has 0 fully saturated rings. The minimum absolute atomic E-state index is 0.151. The van der Waals surface area contributed by atoms with Gasteiger partial charge in [0.15, 0.2) is 0 Å². The quantitative estimate of drug-likeness (QED) is 0.869. The molecule has 18 heavy (non-hydrogen) atoms. The number of hydrogen-bond donors (Lipinski definition) is 2. The van der Waals surface area contributed by atoms with Crippen LogP contribution in [0.15, 0.2) is 28.9 Å². The molecule has 0 saturated carbocycles. The molecule has 5 heteroatoms. The lowest BCUT2D eigenvalue weighted by Crippen LogP contribution is -2.13. The van der Waals surface area contributed by atoms with E-state index in [1.165, 1.54) is 6.20 Å². The smallest absolute Gasteiger partial charge is 0.259 e. The number of furan rings is 1. The van der Waals surface area contributed by atoms with Gasteiger partial charge in [-0.2, -0.15) is 0 Å². The minimum Gasteiger partial charge on any atom is -0.466 e. The first-order chi connectivity index (χ1) is 8.61. The van der Waals surface area contributed by atoms with Crippen LogP contribution in [0.1, 0.15) is 27.4 Å². The van der Waals surface area contributed by atoms with Crippen molar-refractivity contribution in [3.63, 3.8) is 0 Å². The molecule has 0 aliphatic heterocycles. The van der Waals surface area contributed by atoms with Gasteiger partial charge in [0, 0.05) is 11.8 Å². The zero-order valence-electron chi connectivity index (χ0n) is 10.2. The van der Waals surface area contributed by atoms with E-state index in [1.807, 2.05) is 0 Å². The number of nitrogens with one attached hydrogen (secondary N) is 1. The Hall–Kier alpha value is -2.14. The summed E-state index contributed by atoms with van der Waals surface area (Å²) in [6.07, 6.45) is 3.07. The van der Waals surface area contributed by atoms with Gasteiger partial charge in [0.1, 0.15) is 11.5 Å². The molecule has 2 N–H and O–H groups in total. The summed E-state index contributed by atoms with van der Waals surface area (Å²) in [5.74, 6) is 0.984. The summed E-state index contributed by atoms with van der Waals surface area (Å²) >= 11 is 0. The van der Waals surface area contributed by atoms with Crippen molar-refractivity contribution >= 4 is 11.6 Å². The fourth-order valence-corrected chi connectivity index (χ4v) is 1.72. The zero-order chi connectivity index (χ0) is 13.1. The van der Waals surface area contributed by atoms with Crippen LogP contribution in [0.5, 0.6) is 0 Å². The molecular formula is C13H14N2O3. The maximum Gasteiger partial charge on any atom is 0.259 e. The third-order valence-electron chi connectivity index (χ3n) is 2.62. The van der Waals surface area contributed by atoms with E-state index in [4.69, 9.17) is 9.52 Å². The third kappa shape index (κ3) is 2.41. The molecule has 2 aromatic rings. The molecule has 2 aromatic heterocycles. The van der Waals surface area contributed by atoms with E-state index in [9.17, 15) is 4.79 Å². The second-order valence-electron chi connectivity index (χ2n) is 3.97. The van der Waals surface area contributed by atoms with Crippen LogP contribution < -0.4 is 5.32 Å². The monoisotopic (exact) mass is 246 g/mol. The van der Waals surface area contributed by atoms with Gasteiger partial charge in [-0.15, -0.1) is 0 Å². The van der Waals surface area contributed by atoms with Crippen LogP contribution in [0.25, 0.3) is 0 Å². The van der Waals surface area contributed by atoms with Crippen molar-refractivity contribution in [3.8, 4) is 0 Å². The van der Waals surface area contributed by atoms with Crippen LogP contribution in [-0.4, -0.2) is 16.0 Å². The first-order valence-electron chi connectivity index (χ1n) is 5.54. The van der Waals surface area contributed by atoms with E-state index in [2.05, 4.69) is 10.3 Å². The van der Waals surface area contributed by atoms with Crippen LogP contribution in [0.3, 0.4) is 0 Å². The number of aromatic nitrogens is 1. The number of carbonyl (C=O) groups excluding carboxylic acids is 1. The first kappa shape index (κ1) is 12.3. The Bertz CT molecular complexity index is 575. The molecule has 0 aromatic carbocycles. The van der Waals surface area contributed by atoms with E-state index in [1.54, 1.807) is 32.2 Å². The number of aliphatic hydroxyl groups is 1. The SMILES string of the molecule is Cc1cc(C(=O)Nc2cnccc2CO)c(C)o1. The number of amides is 1. The molecule has 94 valence electrons. The standard InChI is InChI=1S/C13H14N2O3/c1-8-5-11(9(2)18-8)13(17)15-12-6-14-4-3-10(12)7-16/h3-6,16H,7H2,1-2H3,(H,15,17). The number of hydrogen-bond acceptors (Lipinski definition) is 4. The fraction of sp³-hybridized carbons (Fsp3) is 0.231. The number of aliphatic hydroxyl groups excluding tert-OH is 1. The van der Waals surface area contributed by atoms with Crippen LogP contribution in [0.2, 0.25) is 0 Å². The molecule has 0 spiro atoms. The highest BCUT2D eigenvalue weighted by Gasteiger charge is 2.14. The number of nitrogens with zero attached hydrogens (tertiary/aromatic N) is 1. The van der Waals surface area contributed by atoms with Gasteiger partial charge in [0.25, 0.3) is 5.91 Å². The molecule has 0 unspecified atom stereocenters. The van der Waals surface area contributed by atoms with Crippen molar-refractivity contribution in [1.29, 1.82) is 0 Å². The van der Waals surface area contributed by atoms with Crippen molar-refractivity contribution < 1.29 is 14.3 Å². The molecule has 5 nitrogen and oxygen atoms in total. The van der Waals surface area contributed by atoms with E-state index in [0.29, 0.717) is 28.3 Å². The minimum atomic E-state index is -0.271. The topological polar surface area (TPSA) is 75.4 Å². The van der Waals surface area contributed by atoms with Crippen molar-refractivity contribution in [1.82, 2.24) is 4.98 Å². The van der Waals surface area contributed by atoms with E-state index in [0.717, 1.165) is 0 Å². The van der Waals surface area contributed by atoms with Crippen LogP contribution >= 0.6 is 0 Å². The third-order valence-corrected chi connectivity index (χ3v) is 2.62. The van der Waals surface area contributed by atoms with Crippen LogP contribution in [0.4, 0.5) is 5.69 Å². The molecule has 0 aliphatic carbocycles. The average molecular weight is 246 g/mol. The largest absolute Gasteiger partial charge is 0.466 e. The predicted molar refractivity (Wildman–Crippen MR) is 66.3 cm³/mol. The summed E-state index contributed by atoms with van der Waals surface area (Å²) in [6.45, 7) is 3.37. The lowest BCUT2D eigenvalue weighted by atomic mass is 10.2. The lowest BCUT2D eigenvalue weighted by molar-refractivity contribution is 0.102. The number of carbonyl (C=O) groups is 1. The van der Waals surface area contributed by atoms with Gasteiger partial charge in [-0.25, -0.2) is 0 Å². The van der Waals surface area contributed by atoms with Gasteiger partial charge in [0.2, 0.25) is 0 Å². The van der Waals surface area contributed by atoms with E-state index >= 15 is 0 Å². The molecule has 0 atom stereocenters. The maximum atomic E-state index is 12.0. The van der Waals surface area contributed by atoms with Gasteiger partial charge in [-0.05, 0) is 26.0 Å². The average Bonchev–Trinajstić information content (AvgIpc) is 2.69. The van der Waals surface area contributed by atoms with Crippen molar-refractivity contribution in [2.75, 3.05) is 5.32 Å². The van der Waals surface area contributed by atoms with Crippen molar-refractivity contribution in [3.05, 3.63) is 47.2 Å². The van der Waals surface area contributed by atoms with Crippen LogP contribution in [0, 0.1) is 13.8 Å². The van der Waals surface area contributed by atoms with Crippen molar-refractivity contribution in [2.45, 2.75) is 20.5 Å².